The van der Waals surface area contributed by atoms with Crippen molar-refractivity contribution in [2.45, 2.75) is 26.6 Å². The van der Waals surface area contributed by atoms with E-state index in [1.165, 1.54) is 13.3 Å². The Hall–Kier alpha value is -1.36. The van der Waals surface area contributed by atoms with Crippen molar-refractivity contribution in [1.82, 2.24) is 9.97 Å². The molecule has 0 radical (unpaired) electrons. The molecule has 0 aliphatic carbocycles. The highest BCUT2D eigenvalue weighted by molar-refractivity contribution is 5.87. The highest BCUT2D eigenvalue weighted by atomic mass is 16.7. The van der Waals surface area contributed by atoms with Crippen LogP contribution in [0.4, 0.5) is 0 Å². The topological polar surface area (TPSA) is 64.2 Å². The number of aromatic nitrogens is 2. The minimum Gasteiger partial charge on any atom is -0.431 e. The lowest BCUT2D eigenvalue weighted by Crippen LogP contribution is -2.19. The molecule has 0 aromatic carbocycles. The Balaban J connectivity index is 2.58. The van der Waals surface area contributed by atoms with E-state index < -0.39 is 12.3 Å². The van der Waals surface area contributed by atoms with E-state index >= 15 is 0 Å². The van der Waals surface area contributed by atoms with Gasteiger partial charge in [0.15, 0.2) is 5.69 Å². The van der Waals surface area contributed by atoms with Gasteiger partial charge < -0.3 is 14.5 Å². The van der Waals surface area contributed by atoms with Crippen molar-refractivity contribution >= 4 is 5.97 Å². The molecular formula is C9H14N2O3. The Morgan fingerprint density at radius 1 is 1.71 bits per heavy atom. The van der Waals surface area contributed by atoms with Gasteiger partial charge in [0.1, 0.15) is 5.82 Å². The average molecular weight is 198 g/mol. The van der Waals surface area contributed by atoms with Crippen LogP contribution in [-0.2, 0) is 9.47 Å². The molecule has 1 aromatic rings. The summed E-state index contributed by atoms with van der Waals surface area (Å²) >= 11 is 0. The van der Waals surface area contributed by atoms with Crippen LogP contribution < -0.4 is 0 Å². The predicted octanol–water partition coefficient (Wildman–Crippen LogP) is 1.26. The lowest BCUT2D eigenvalue weighted by Gasteiger charge is -2.12. The number of methoxy groups -OCH3 is 1. The van der Waals surface area contributed by atoms with Gasteiger partial charge in [0.25, 0.3) is 0 Å². The summed E-state index contributed by atoms with van der Waals surface area (Å²) in [6.45, 7) is 3.64. The summed E-state index contributed by atoms with van der Waals surface area (Å²) in [5, 5.41) is 0. The Kier molecular flexibility index (Phi) is 3.64. The molecule has 0 aliphatic heterocycles. The fourth-order valence-corrected chi connectivity index (χ4v) is 1.00. The summed E-state index contributed by atoms with van der Waals surface area (Å²) in [6, 6.07) is 0. The molecular weight excluding hydrogens is 184 g/mol. The number of hydrogen-bond acceptors (Lipinski definition) is 4. The van der Waals surface area contributed by atoms with Gasteiger partial charge in [-0.05, 0) is 6.92 Å². The molecule has 1 rings (SSSR count). The summed E-state index contributed by atoms with van der Waals surface area (Å²) in [4.78, 5) is 18.2. The molecule has 0 saturated carbocycles. The van der Waals surface area contributed by atoms with Crippen LogP contribution in [0.1, 0.15) is 29.7 Å². The molecule has 78 valence electrons. The fourth-order valence-electron chi connectivity index (χ4n) is 1.00. The standard InChI is InChI=1S/C9H14N2O3/c1-4-8(13-3)14-9(12)7-5-10-6(2)11-7/h5,8H,4H2,1-3H3,(H,10,11). The molecule has 1 atom stereocenters. The van der Waals surface area contributed by atoms with Crippen molar-refractivity contribution in [3.05, 3.63) is 17.7 Å². The fraction of sp³-hybridized carbons (Fsp3) is 0.556. The number of hydrogen-bond donors (Lipinski definition) is 1. The second kappa shape index (κ2) is 4.76. The number of esters is 1. The maximum absolute atomic E-state index is 11.4. The van der Waals surface area contributed by atoms with Gasteiger partial charge in [0.2, 0.25) is 6.29 Å². The van der Waals surface area contributed by atoms with Crippen LogP contribution in [0.2, 0.25) is 0 Å². The van der Waals surface area contributed by atoms with Gasteiger partial charge in [-0.1, -0.05) is 6.92 Å². The molecule has 0 fully saturated rings. The van der Waals surface area contributed by atoms with E-state index in [1.54, 1.807) is 6.92 Å². The van der Waals surface area contributed by atoms with Gasteiger partial charge in [-0.25, -0.2) is 9.78 Å². The summed E-state index contributed by atoms with van der Waals surface area (Å²) in [6.07, 6.45) is 1.63. The third-order valence-corrected chi connectivity index (χ3v) is 1.75. The number of carbonyl (C=O) groups excluding carboxylic acids is 1. The van der Waals surface area contributed by atoms with Gasteiger partial charge in [-0.3, -0.25) is 0 Å². The molecule has 1 N–H and O–H groups in total. The monoisotopic (exact) mass is 198 g/mol. The van der Waals surface area contributed by atoms with Gasteiger partial charge in [-0.2, -0.15) is 0 Å². The zero-order valence-corrected chi connectivity index (χ0v) is 8.53. The maximum Gasteiger partial charge on any atom is 0.360 e. The van der Waals surface area contributed by atoms with Crippen LogP contribution in [0.15, 0.2) is 6.20 Å². The highest BCUT2D eigenvalue weighted by Gasteiger charge is 2.15. The Bertz CT molecular complexity index is 305. The Labute approximate surface area is 82.4 Å². The molecule has 0 aliphatic rings. The van der Waals surface area contributed by atoms with Crippen LogP contribution in [-0.4, -0.2) is 29.3 Å². The van der Waals surface area contributed by atoms with Crippen molar-refractivity contribution in [2.24, 2.45) is 0 Å². The van der Waals surface area contributed by atoms with Crippen LogP contribution in [0.5, 0.6) is 0 Å². The van der Waals surface area contributed by atoms with E-state index in [1.807, 2.05) is 6.92 Å². The van der Waals surface area contributed by atoms with Crippen molar-refractivity contribution in [2.75, 3.05) is 7.11 Å². The smallest absolute Gasteiger partial charge is 0.360 e. The Morgan fingerprint density at radius 2 is 2.43 bits per heavy atom. The van der Waals surface area contributed by atoms with Gasteiger partial charge in [0.05, 0.1) is 0 Å². The molecule has 0 amide bonds. The van der Waals surface area contributed by atoms with E-state index in [4.69, 9.17) is 9.47 Å². The van der Waals surface area contributed by atoms with Crippen molar-refractivity contribution in [1.29, 1.82) is 0 Å². The Morgan fingerprint density at radius 3 is 2.86 bits per heavy atom. The summed E-state index contributed by atoms with van der Waals surface area (Å²) in [7, 11) is 1.50. The molecule has 1 heterocycles. The van der Waals surface area contributed by atoms with Crippen LogP contribution >= 0.6 is 0 Å². The number of imidazole rings is 1. The number of rotatable bonds is 4. The molecule has 0 bridgehead atoms. The number of H-pyrrole nitrogens is 1. The quantitative estimate of drug-likeness (QED) is 0.584. The molecule has 1 aromatic heterocycles. The molecule has 5 nitrogen and oxygen atoms in total. The van der Waals surface area contributed by atoms with Gasteiger partial charge in [-0.15, -0.1) is 0 Å². The number of carbonyl (C=O) groups is 1. The number of aryl methyl sites for hydroxylation is 1. The molecule has 5 heteroatoms. The van der Waals surface area contributed by atoms with Crippen LogP contribution in [0.25, 0.3) is 0 Å². The average Bonchev–Trinajstić information content (AvgIpc) is 2.61. The molecule has 0 saturated heterocycles. The SMILES string of the molecule is CCC(OC)OC(=O)c1c[nH]c(C)n1. The number of nitrogens with zero attached hydrogens (tertiary/aromatic N) is 1. The van der Waals surface area contributed by atoms with E-state index in [-0.39, 0.29) is 5.69 Å². The molecule has 14 heavy (non-hydrogen) atoms. The first-order valence-electron chi connectivity index (χ1n) is 4.43. The first-order valence-corrected chi connectivity index (χ1v) is 4.43. The van der Waals surface area contributed by atoms with E-state index in [0.717, 1.165) is 0 Å². The first kappa shape index (κ1) is 10.7. The predicted molar refractivity (Wildman–Crippen MR) is 49.8 cm³/mol. The minimum atomic E-state index is -0.500. The van der Waals surface area contributed by atoms with Crippen LogP contribution in [0, 0.1) is 6.92 Å². The van der Waals surface area contributed by atoms with Crippen molar-refractivity contribution in [3.8, 4) is 0 Å². The lowest BCUT2D eigenvalue weighted by atomic mass is 10.4. The van der Waals surface area contributed by atoms with Crippen molar-refractivity contribution in [3.63, 3.8) is 0 Å². The third-order valence-electron chi connectivity index (χ3n) is 1.75. The first-order chi connectivity index (χ1) is 6.67. The minimum absolute atomic E-state index is 0.276. The largest absolute Gasteiger partial charge is 0.431 e. The van der Waals surface area contributed by atoms with Crippen LogP contribution in [0.3, 0.4) is 0 Å². The van der Waals surface area contributed by atoms with E-state index in [9.17, 15) is 4.79 Å². The van der Waals surface area contributed by atoms with Gasteiger partial charge >= 0.3 is 5.97 Å². The van der Waals surface area contributed by atoms with Crippen molar-refractivity contribution < 1.29 is 14.3 Å². The maximum atomic E-state index is 11.4. The highest BCUT2D eigenvalue weighted by Crippen LogP contribution is 2.04. The summed E-state index contributed by atoms with van der Waals surface area (Å²) in [5.74, 6) is 0.213. The zero-order valence-electron chi connectivity index (χ0n) is 8.53. The lowest BCUT2D eigenvalue weighted by molar-refractivity contribution is -0.0908. The summed E-state index contributed by atoms with van der Waals surface area (Å²) < 4.78 is 9.92. The van der Waals surface area contributed by atoms with E-state index in [0.29, 0.717) is 12.2 Å². The number of nitrogens with one attached hydrogen (secondary N) is 1. The molecule has 0 spiro atoms. The zero-order chi connectivity index (χ0) is 10.6. The number of aromatic amines is 1. The molecule has 1 unspecified atom stereocenters. The summed E-state index contributed by atoms with van der Waals surface area (Å²) in [5.41, 5.74) is 0.276. The number of ether oxygens (including phenoxy) is 2. The van der Waals surface area contributed by atoms with E-state index in [2.05, 4.69) is 9.97 Å². The van der Waals surface area contributed by atoms with Gasteiger partial charge in [0, 0.05) is 19.7 Å². The second-order valence-corrected chi connectivity index (χ2v) is 2.85. The third kappa shape index (κ3) is 2.56. The second-order valence-electron chi connectivity index (χ2n) is 2.85. The normalized spacial score (nSPS) is 12.5.